The summed E-state index contributed by atoms with van der Waals surface area (Å²) < 4.78 is 0. The van der Waals surface area contributed by atoms with Gasteiger partial charge >= 0.3 is 0 Å². The van der Waals surface area contributed by atoms with Gasteiger partial charge < -0.3 is 5.11 Å². The van der Waals surface area contributed by atoms with E-state index in [9.17, 15) is 5.11 Å². The van der Waals surface area contributed by atoms with Crippen LogP contribution >= 0.6 is 0 Å². The number of hydrogen-bond donors (Lipinski definition) is 1. The fraction of sp³-hybridized carbons (Fsp3) is 0. The van der Waals surface area contributed by atoms with Crippen LogP contribution in [0.4, 0.5) is 0 Å². The molecule has 20 heavy (non-hydrogen) atoms. The summed E-state index contributed by atoms with van der Waals surface area (Å²) in [5.41, 5.74) is 2.56. The number of phenolic OH excluding ortho intramolecular Hbond substituents is 1. The molecule has 0 aliphatic carbocycles. The van der Waals surface area contributed by atoms with Gasteiger partial charge in [0.1, 0.15) is 16.8 Å². The van der Waals surface area contributed by atoms with Gasteiger partial charge in [-0.05, 0) is 24.3 Å². The first-order chi connectivity index (χ1) is 9.83. The molecule has 0 atom stereocenters. The number of nitrogens with zero attached hydrogens (tertiary/aromatic N) is 3. The average Bonchev–Trinajstić information content (AvgIpc) is 2.91. The van der Waals surface area contributed by atoms with Crippen LogP contribution in [0, 0.1) is 0 Å². The Bertz CT molecular complexity index is 894. The highest BCUT2D eigenvalue weighted by Crippen LogP contribution is 2.29. The Labute approximate surface area is 114 Å². The molecule has 3 aromatic carbocycles. The average molecular weight is 261 g/mol. The first-order valence-electron chi connectivity index (χ1n) is 6.36. The van der Waals surface area contributed by atoms with Crippen molar-refractivity contribution in [3.8, 4) is 11.4 Å². The van der Waals surface area contributed by atoms with Gasteiger partial charge in [-0.2, -0.15) is 0 Å². The molecule has 0 bridgehead atoms. The maximum atomic E-state index is 9.93. The lowest BCUT2D eigenvalue weighted by atomic mass is 10.1. The minimum Gasteiger partial charge on any atom is -0.507 e. The number of aromatic hydroxyl groups is 1. The van der Waals surface area contributed by atoms with Crippen molar-refractivity contribution in [3.05, 3.63) is 60.7 Å². The van der Waals surface area contributed by atoms with E-state index >= 15 is 0 Å². The molecular weight excluding hydrogens is 250 g/mol. The lowest BCUT2D eigenvalue weighted by Gasteiger charge is -2.06. The topological polar surface area (TPSA) is 50.9 Å². The van der Waals surface area contributed by atoms with E-state index in [0.717, 1.165) is 27.5 Å². The Kier molecular flexibility index (Phi) is 2.23. The maximum Gasteiger partial charge on any atom is 0.123 e. The monoisotopic (exact) mass is 261 g/mol. The quantitative estimate of drug-likeness (QED) is 0.572. The van der Waals surface area contributed by atoms with Crippen LogP contribution in [0.25, 0.3) is 27.5 Å². The zero-order valence-corrected chi connectivity index (χ0v) is 10.6. The van der Waals surface area contributed by atoms with Crippen molar-refractivity contribution in [3.63, 3.8) is 0 Å². The number of fused-ring (bicyclic) bond motifs is 2. The van der Waals surface area contributed by atoms with Crippen LogP contribution in [0.1, 0.15) is 0 Å². The summed E-state index contributed by atoms with van der Waals surface area (Å²) in [5, 5.41) is 20.6. The third kappa shape index (κ3) is 1.55. The van der Waals surface area contributed by atoms with E-state index in [4.69, 9.17) is 0 Å². The van der Waals surface area contributed by atoms with Gasteiger partial charge in [-0.25, -0.2) is 0 Å². The van der Waals surface area contributed by atoms with Crippen molar-refractivity contribution in [2.24, 2.45) is 0 Å². The summed E-state index contributed by atoms with van der Waals surface area (Å²) in [5.74, 6) is 0.265. The first kappa shape index (κ1) is 11.0. The second-order valence-corrected chi connectivity index (χ2v) is 4.63. The smallest absolute Gasteiger partial charge is 0.123 e. The SMILES string of the molecule is Oc1ccc(-n2nc3ccccc3n2)c2ccccc12. The second kappa shape index (κ2) is 4.06. The molecule has 0 spiro atoms. The maximum absolute atomic E-state index is 9.93. The predicted octanol–water partition coefficient (Wildman–Crippen LogP) is 3.28. The second-order valence-electron chi connectivity index (χ2n) is 4.63. The van der Waals surface area contributed by atoms with Crippen molar-refractivity contribution in [2.45, 2.75) is 0 Å². The lowest BCUT2D eigenvalue weighted by molar-refractivity contribution is 0.481. The molecule has 0 aliphatic rings. The van der Waals surface area contributed by atoms with Crippen LogP contribution in [-0.4, -0.2) is 20.1 Å². The van der Waals surface area contributed by atoms with Crippen LogP contribution in [0.3, 0.4) is 0 Å². The highest BCUT2D eigenvalue weighted by molar-refractivity contribution is 5.94. The van der Waals surface area contributed by atoms with Crippen LogP contribution < -0.4 is 0 Å². The number of benzene rings is 3. The zero-order valence-electron chi connectivity index (χ0n) is 10.6. The fourth-order valence-corrected chi connectivity index (χ4v) is 2.41. The van der Waals surface area contributed by atoms with Gasteiger partial charge in [0.15, 0.2) is 0 Å². The third-order valence-corrected chi connectivity index (χ3v) is 3.38. The van der Waals surface area contributed by atoms with E-state index in [-0.39, 0.29) is 5.75 Å². The Morgan fingerprint density at radius 3 is 2.00 bits per heavy atom. The van der Waals surface area contributed by atoms with Crippen molar-refractivity contribution in [1.82, 2.24) is 15.0 Å². The molecule has 4 aromatic rings. The Morgan fingerprint density at radius 1 is 0.700 bits per heavy atom. The Hall–Kier alpha value is -2.88. The van der Waals surface area contributed by atoms with Crippen LogP contribution in [0.5, 0.6) is 5.75 Å². The van der Waals surface area contributed by atoms with Gasteiger partial charge in [0.05, 0.1) is 5.69 Å². The number of hydrogen-bond acceptors (Lipinski definition) is 3. The van der Waals surface area contributed by atoms with Gasteiger partial charge in [-0.15, -0.1) is 15.0 Å². The molecule has 4 heteroatoms. The van der Waals surface area contributed by atoms with Crippen LogP contribution in [0.2, 0.25) is 0 Å². The van der Waals surface area contributed by atoms with Crippen molar-refractivity contribution >= 4 is 21.8 Å². The Morgan fingerprint density at radius 2 is 1.30 bits per heavy atom. The number of aromatic nitrogens is 3. The lowest BCUT2D eigenvalue weighted by Crippen LogP contribution is -1.99. The molecule has 0 radical (unpaired) electrons. The highest BCUT2D eigenvalue weighted by atomic mass is 16.3. The number of rotatable bonds is 1. The highest BCUT2D eigenvalue weighted by Gasteiger charge is 2.09. The molecule has 96 valence electrons. The van der Waals surface area contributed by atoms with Gasteiger partial charge in [0.25, 0.3) is 0 Å². The minimum atomic E-state index is 0.265. The normalized spacial score (nSPS) is 11.2. The molecule has 1 heterocycles. The van der Waals surface area contributed by atoms with E-state index < -0.39 is 0 Å². The summed E-state index contributed by atoms with van der Waals surface area (Å²) in [6.45, 7) is 0. The van der Waals surface area contributed by atoms with Crippen molar-refractivity contribution < 1.29 is 5.11 Å². The zero-order chi connectivity index (χ0) is 13.5. The molecule has 0 unspecified atom stereocenters. The van der Waals surface area contributed by atoms with E-state index in [1.165, 1.54) is 0 Å². The van der Waals surface area contributed by atoms with Crippen molar-refractivity contribution in [1.29, 1.82) is 0 Å². The molecule has 0 saturated heterocycles. The summed E-state index contributed by atoms with van der Waals surface area (Å²) in [4.78, 5) is 1.62. The van der Waals surface area contributed by atoms with Gasteiger partial charge in [0, 0.05) is 10.8 Å². The summed E-state index contributed by atoms with van der Waals surface area (Å²) in [6.07, 6.45) is 0. The van der Waals surface area contributed by atoms with Gasteiger partial charge in [0.2, 0.25) is 0 Å². The largest absolute Gasteiger partial charge is 0.507 e. The molecule has 4 nitrogen and oxygen atoms in total. The molecular formula is C16H11N3O. The fourth-order valence-electron chi connectivity index (χ4n) is 2.41. The van der Waals surface area contributed by atoms with Crippen LogP contribution in [0.15, 0.2) is 60.7 Å². The van der Waals surface area contributed by atoms with Crippen LogP contribution in [-0.2, 0) is 0 Å². The predicted molar refractivity (Wildman–Crippen MR) is 78.0 cm³/mol. The Balaban J connectivity index is 2.04. The molecule has 4 rings (SSSR count). The molecule has 1 N–H and O–H groups in total. The molecule has 1 aromatic heterocycles. The number of phenols is 1. The van der Waals surface area contributed by atoms with E-state index in [1.54, 1.807) is 10.9 Å². The van der Waals surface area contributed by atoms with E-state index in [0.29, 0.717) is 0 Å². The minimum absolute atomic E-state index is 0.265. The summed E-state index contributed by atoms with van der Waals surface area (Å²) >= 11 is 0. The summed E-state index contributed by atoms with van der Waals surface area (Å²) in [7, 11) is 0. The standard InChI is InChI=1S/C16H11N3O/c20-16-10-9-15(11-5-1-2-6-12(11)16)19-17-13-7-3-4-8-14(13)18-19/h1-10,20H. The molecule has 0 saturated carbocycles. The molecule has 0 aliphatic heterocycles. The van der Waals surface area contributed by atoms with Gasteiger partial charge in [-0.1, -0.05) is 36.4 Å². The molecule has 0 amide bonds. The first-order valence-corrected chi connectivity index (χ1v) is 6.36. The van der Waals surface area contributed by atoms with Gasteiger partial charge in [-0.3, -0.25) is 0 Å². The molecule has 0 fully saturated rings. The summed E-state index contributed by atoms with van der Waals surface area (Å²) in [6, 6.07) is 18.9. The van der Waals surface area contributed by atoms with Crippen molar-refractivity contribution in [2.75, 3.05) is 0 Å². The van der Waals surface area contributed by atoms with E-state index in [2.05, 4.69) is 10.2 Å². The van der Waals surface area contributed by atoms with E-state index in [1.807, 2.05) is 54.6 Å². The third-order valence-electron chi connectivity index (χ3n) is 3.38.